The number of hydrogen-bond acceptors (Lipinski definition) is 2. The summed E-state index contributed by atoms with van der Waals surface area (Å²) in [7, 11) is 0. The van der Waals surface area contributed by atoms with Crippen molar-refractivity contribution in [2.45, 2.75) is 58.3 Å². The van der Waals surface area contributed by atoms with Gasteiger partial charge in [-0.1, -0.05) is 51.3 Å². The van der Waals surface area contributed by atoms with Crippen LogP contribution in [0.5, 0.6) is 0 Å². The lowest BCUT2D eigenvalue weighted by Gasteiger charge is -2.02. The molecule has 0 bridgehead atoms. The number of allylic oxidation sites excluding steroid dienone is 2. The van der Waals surface area contributed by atoms with Crippen LogP contribution in [-0.4, -0.2) is 12.6 Å². The third-order valence-corrected chi connectivity index (χ3v) is 2.59. The first-order valence-corrected chi connectivity index (χ1v) is 6.85. The molecule has 104 valence electrons. The van der Waals surface area contributed by atoms with Gasteiger partial charge in [0.05, 0.1) is 6.61 Å². The summed E-state index contributed by atoms with van der Waals surface area (Å²) < 4.78 is 16.9. The Kier molecular flexibility index (Phi) is 11.6. The number of carbonyl (C=O) groups excluding carboxylic acids is 1. The quantitative estimate of drug-likeness (QED) is 0.231. The van der Waals surface area contributed by atoms with Gasteiger partial charge in [-0.2, -0.15) is 4.39 Å². The molecule has 0 aromatic rings. The summed E-state index contributed by atoms with van der Waals surface area (Å²) >= 11 is 0. The lowest BCUT2D eigenvalue weighted by molar-refractivity contribution is -0.140. The zero-order valence-corrected chi connectivity index (χ0v) is 11.4. The number of halogens is 1. The van der Waals surface area contributed by atoms with Crippen molar-refractivity contribution >= 4 is 5.97 Å². The molecule has 0 aromatic heterocycles. The summed E-state index contributed by atoms with van der Waals surface area (Å²) in [5, 5.41) is 0. The number of hydrogen-bond donors (Lipinski definition) is 0. The van der Waals surface area contributed by atoms with Gasteiger partial charge in [0.2, 0.25) is 5.83 Å². The molecule has 0 aliphatic rings. The van der Waals surface area contributed by atoms with Gasteiger partial charge in [0.1, 0.15) is 0 Å². The number of carbonyl (C=O) groups is 1. The molecular weight excluding hydrogens is 231 g/mol. The highest BCUT2D eigenvalue weighted by atomic mass is 19.1. The summed E-state index contributed by atoms with van der Waals surface area (Å²) in [6.45, 7) is 5.34. The molecule has 0 spiro atoms. The molecule has 0 saturated heterocycles. The van der Waals surface area contributed by atoms with Gasteiger partial charge < -0.3 is 4.74 Å². The molecule has 0 aromatic carbocycles. The van der Waals surface area contributed by atoms with Crippen molar-refractivity contribution in [3.8, 4) is 0 Å². The minimum Gasteiger partial charge on any atom is -0.460 e. The molecule has 0 radical (unpaired) electrons. The fourth-order valence-corrected chi connectivity index (χ4v) is 1.54. The van der Waals surface area contributed by atoms with Crippen molar-refractivity contribution in [3.63, 3.8) is 0 Å². The third-order valence-electron chi connectivity index (χ3n) is 2.59. The Bertz CT molecular complexity index is 259. The monoisotopic (exact) mass is 256 g/mol. The second-order valence-electron chi connectivity index (χ2n) is 4.36. The topological polar surface area (TPSA) is 26.3 Å². The zero-order valence-electron chi connectivity index (χ0n) is 11.4. The minimum atomic E-state index is -1.02. The summed E-state index contributed by atoms with van der Waals surface area (Å²) in [4.78, 5) is 10.7. The van der Waals surface area contributed by atoms with E-state index in [1.165, 1.54) is 25.7 Å². The molecule has 0 aliphatic heterocycles. The van der Waals surface area contributed by atoms with Crippen molar-refractivity contribution in [2.75, 3.05) is 6.61 Å². The van der Waals surface area contributed by atoms with Crippen LogP contribution >= 0.6 is 0 Å². The van der Waals surface area contributed by atoms with E-state index < -0.39 is 11.8 Å². The Balaban J connectivity index is 3.17. The van der Waals surface area contributed by atoms with E-state index in [1.54, 1.807) is 0 Å². The molecule has 18 heavy (non-hydrogen) atoms. The van der Waals surface area contributed by atoms with Gasteiger partial charge in [0.15, 0.2) is 0 Å². The molecule has 2 nitrogen and oxygen atoms in total. The first kappa shape index (κ1) is 16.9. The smallest absolute Gasteiger partial charge is 0.366 e. The second-order valence-corrected chi connectivity index (χ2v) is 4.36. The standard InChI is InChI=1S/C15H25FO2/c1-3-4-5-6-7-8-9-10-11-12-13-18-15(17)14(2)16/h5-6H,2-4,7-13H2,1H3/b6-5+. The molecule has 0 heterocycles. The average Bonchev–Trinajstić information content (AvgIpc) is 2.35. The van der Waals surface area contributed by atoms with Gasteiger partial charge in [-0.05, 0) is 25.7 Å². The normalized spacial score (nSPS) is 10.8. The fraction of sp³-hybridized carbons (Fsp3) is 0.667. The highest BCUT2D eigenvalue weighted by Gasteiger charge is 2.05. The molecule has 3 heteroatoms. The van der Waals surface area contributed by atoms with E-state index in [0.717, 1.165) is 25.7 Å². The van der Waals surface area contributed by atoms with Crippen LogP contribution in [0.3, 0.4) is 0 Å². The first-order chi connectivity index (χ1) is 8.68. The summed E-state index contributed by atoms with van der Waals surface area (Å²) in [5.41, 5.74) is 0. The third kappa shape index (κ3) is 11.4. The Labute approximate surface area is 110 Å². The maximum atomic E-state index is 12.2. The predicted molar refractivity (Wildman–Crippen MR) is 73.0 cm³/mol. The van der Waals surface area contributed by atoms with Gasteiger partial charge in [-0.15, -0.1) is 0 Å². The zero-order chi connectivity index (χ0) is 13.6. The summed E-state index contributed by atoms with van der Waals surface area (Å²) in [6, 6.07) is 0. The predicted octanol–water partition coefficient (Wildman–Crippen LogP) is 4.71. The van der Waals surface area contributed by atoms with E-state index >= 15 is 0 Å². The van der Waals surface area contributed by atoms with Crippen LogP contribution in [0, 0.1) is 0 Å². The van der Waals surface area contributed by atoms with E-state index in [2.05, 4.69) is 30.4 Å². The van der Waals surface area contributed by atoms with Crippen LogP contribution in [0.1, 0.15) is 58.3 Å². The molecule has 0 atom stereocenters. The van der Waals surface area contributed by atoms with Crippen molar-refractivity contribution < 1.29 is 13.9 Å². The number of rotatable bonds is 11. The van der Waals surface area contributed by atoms with E-state index in [0.29, 0.717) is 0 Å². The van der Waals surface area contributed by atoms with Crippen LogP contribution in [0.4, 0.5) is 4.39 Å². The molecule has 0 saturated carbocycles. The maximum Gasteiger partial charge on any atom is 0.366 e. The first-order valence-electron chi connectivity index (χ1n) is 6.85. The number of esters is 1. The lowest BCUT2D eigenvalue weighted by atomic mass is 10.1. The van der Waals surface area contributed by atoms with Gasteiger partial charge in [0, 0.05) is 0 Å². The SMILES string of the molecule is C=C(F)C(=O)OCCCCCCC/C=C/CCC. The van der Waals surface area contributed by atoms with E-state index in [4.69, 9.17) is 0 Å². The molecule has 0 amide bonds. The van der Waals surface area contributed by atoms with Crippen molar-refractivity contribution in [2.24, 2.45) is 0 Å². The average molecular weight is 256 g/mol. The van der Waals surface area contributed by atoms with Crippen LogP contribution in [0.25, 0.3) is 0 Å². The number of ether oxygens (including phenoxy) is 1. The van der Waals surface area contributed by atoms with E-state index in [1.807, 2.05) is 0 Å². The van der Waals surface area contributed by atoms with Crippen molar-refractivity contribution in [3.05, 3.63) is 24.6 Å². The van der Waals surface area contributed by atoms with Crippen LogP contribution < -0.4 is 0 Å². The summed E-state index contributed by atoms with van der Waals surface area (Å²) in [6.07, 6.45) is 13.4. The second kappa shape index (κ2) is 12.3. The molecule has 0 aliphatic carbocycles. The maximum absolute atomic E-state index is 12.2. The highest BCUT2D eigenvalue weighted by molar-refractivity contribution is 5.85. The Morgan fingerprint density at radius 3 is 2.39 bits per heavy atom. The molecular formula is C15H25FO2. The molecule has 0 unspecified atom stereocenters. The van der Waals surface area contributed by atoms with Crippen LogP contribution in [0.2, 0.25) is 0 Å². The largest absolute Gasteiger partial charge is 0.460 e. The molecule has 0 fully saturated rings. The molecule has 0 N–H and O–H groups in total. The van der Waals surface area contributed by atoms with Gasteiger partial charge in [0.25, 0.3) is 0 Å². The fourth-order valence-electron chi connectivity index (χ4n) is 1.54. The van der Waals surface area contributed by atoms with Gasteiger partial charge in [-0.3, -0.25) is 0 Å². The van der Waals surface area contributed by atoms with Gasteiger partial charge in [-0.25, -0.2) is 4.79 Å². The van der Waals surface area contributed by atoms with E-state index in [-0.39, 0.29) is 6.61 Å². The lowest BCUT2D eigenvalue weighted by Crippen LogP contribution is -2.05. The van der Waals surface area contributed by atoms with Crippen molar-refractivity contribution in [1.82, 2.24) is 0 Å². The van der Waals surface area contributed by atoms with Crippen LogP contribution in [0.15, 0.2) is 24.6 Å². The van der Waals surface area contributed by atoms with Gasteiger partial charge >= 0.3 is 5.97 Å². The number of unbranched alkanes of at least 4 members (excludes halogenated alkanes) is 6. The van der Waals surface area contributed by atoms with E-state index in [9.17, 15) is 9.18 Å². The Morgan fingerprint density at radius 1 is 1.11 bits per heavy atom. The molecule has 0 rings (SSSR count). The Morgan fingerprint density at radius 2 is 1.72 bits per heavy atom. The van der Waals surface area contributed by atoms with Crippen LogP contribution in [-0.2, 0) is 9.53 Å². The minimum absolute atomic E-state index is 0.290. The Hall–Kier alpha value is -1.12. The van der Waals surface area contributed by atoms with Crippen molar-refractivity contribution in [1.29, 1.82) is 0 Å². The summed E-state index contributed by atoms with van der Waals surface area (Å²) in [5.74, 6) is -1.95. The highest BCUT2D eigenvalue weighted by Crippen LogP contribution is 2.07.